The number of benzene rings is 3. The monoisotopic (exact) mass is 346 g/mol. The summed E-state index contributed by atoms with van der Waals surface area (Å²) in [6.45, 7) is 1.84. The first-order valence-electron chi connectivity index (χ1n) is 8.12. The lowest BCUT2D eigenvalue weighted by Crippen LogP contribution is -1.98. The third-order valence-corrected chi connectivity index (χ3v) is 4.31. The zero-order valence-electron chi connectivity index (χ0n) is 14.0. The molecule has 0 fully saturated rings. The quantitative estimate of drug-likeness (QED) is 0.546. The Kier molecular flexibility index (Phi) is 3.77. The van der Waals surface area contributed by atoms with Gasteiger partial charge in [0.15, 0.2) is 0 Å². The van der Waals surface area contributed by atoms with E-state index in [0.717, 1.165) is 16.7 Å². The van der Waals surface area contributed by atoms with Gasteiger partial charge in [-0.2, -0.15) is 0 Å². The van der Waals surface area contributed by atoms with Crippen LogP contribution in [0.15, 0.2) is 60.7 Å². The molecule has 4 nitrogen and oxygen atoms in total. The van der Waals surface area contributed by atoms with Gasteiger partial charge < -0.3 is 10.1 Å². The van der Waals surface area contributed by atoms with Crippen molar-refractivity contribution in [2.45, 2.75) is 6.92 Å². The van der Waals surface area contributed by atoms with E-state index < -0.39 is 5.97 Å². The van der Waals surface area contributed by atoms with E-state index in [1.54, 1.807) is 24.3 Å². The van der Waals surface area contributed by atoms with Crippen molar-refractivity contribution in [1.82, 2.24) is 9.97 Å². The van der Waals surface area contributed by atoms with Crippen LogP contribution < -0.4 is 0 Å². The largest absolute Gasteiger partial charge is 0.478 e. The zero-order chi connectivity index (χ0) is 18.3. The molecule has 0 saturated heterocycles. The third kappa shape index (κ3) is 2.73. The van der Waals surface area contributed by atoms with Gasteiger partial charge in [0.1, 0.15) is 11.6 Å². The highest BCUT2D eigenvalue weighted by Gasteiger charge is 2.14. The maximum Gasteiger partial charge on any atom is 0.337 e. The molecule has 128 valence electrons. The second-order valence-electron chi connectivity index (χ2n) is 6.15. The van der Waals surface area contributed by atoms with Crippen LogP contribution in [0.2, 0.25) is 0 Å². The zero-order valence-corrected chi connectivity index (χ0v) is 14.0. The molecule has 0 radical (unpaired) electrons. The van der Waals surface area contributed by atoms with Crippen LogP contribution >= 0.6 is 0 Å². The van der Waals surface area contributed by atoms with E-state index in [0.29, 0.717) is 22.4 Å². The minimum atomic E-state index is -0.996. The van der Waals surface area contributed by atoms with E-state index in [2.05, 4.69) is 9.97 Å². The number of aromatic carboxylic acids is 1. The molecule has 0 aliphatic rings. The molecular weight excluding hydrogens is 331 g/mol. The fourth-order valence-corrected chi connectivity index (χ4v) is 3.06. The van der Waals surface area contributed by atoms with Crippen LogP contribution in [0.25, 0.3) is 33.5 Å². The molecule has 0 unspecified atom stereocenters. The SMILES string of the molecule is Cc1cc(C(=O)O)c2[nH]c(-c3ccc(-c4ccccc4F)cc3)nc2c1. The molecule has 0 aliphatic heterocycles. The van der Waals surface area contributed by atoms with Crippen LogP contribution in [0.4, 0.5) is 4.39 Å². The van der Waals surface area contributed by atoms with Gasteiger partial charge in [-0.05, 0) is 36.2 Å². The number of carboxylic acid groups (broad SMARTS) is 1. The number of nitrogens with one attached hydrogen (secondary N) is 1. The van der Waals surface area contributed by atoms with Crippen LogP contribution in [-0.2, 0) is 0 Å². The third-order valence-electron chi connectivity index (χ3n) is 4.31. The van der Waals surface area contributed by atoms with Crippen molar-refractivity contribution in [2.24, 2.45) is 0 Å². The number of carboxylic acids is 1. The molecule has 2 N–H and O–H groups in total. The first-order valence-corrected chi connectivity index (χ1v) is 8.12. The Morgan fingerprint density at radius 2 is 1.73 bits per heavy atom. The second kappa shape index (κ2) is 6.11. The van der Waals surface area contributed by atoms with E-state index in [4.69, 9.17) is 0 Å². The molecule has 4 rings (SSSR count). The summed E-state index contributed by atoms with van der Waals surface area (Å²) in [5.74, 6) is -0.692. The summed E-state index contributed by atoms with van der Waals surface area (Å²) in [6, 6.07) is 17.4. The lowest BCUT2D eigenvalue weighted by Gasteiger charge is -2.04. The Labute approximate surface area is 149 Å². The summed E-state index contributed by atoms with van der Waals surface area (Å²) in [4.78, 5) is 19.1. The van der Waals surface area contributed by atoms with Gasteiger partial charge in [0.05, 0.1) is 16.6 Å². The first kappa shape index (κ1) is 16.0. The molecule has 4 aromatic rings. The number of aryl methyl sites for hydroxylation is 1. The Bertz CT molecular complexity index is 1130. The van der Waals surface area contributed by atoms with Gasteiger partial charge >= 0.3 is 5.97 Å². The van der Waals surface area contributed by atoms with Crippen LogP contribution in [0.3, 0.4) is 0 Å². The summed E-state index contributed by atoms with van der Waals surface area (Å²) >= 11 is 0. The highest BCUT2D eigenvalue weighted by molar-refractivity contribution is 6.02. The van der Waals surface area contributed by atoms with Crippen LogP contribution in [0.1, 0.15) is 15.9 Å². The van der Waals surface area contributed by atoms with Crippen molar-refractivity contribution < 1.29 is 14.3 Å². The van der Waals surface area contributed by atoms with Crippen molar-refractivity contribution >= 4 is 17.0 Å². The summed E-state index contributed by atoms with van der Waals surface area (Å²) in [6.07, 6.45) is 0. The van der Waals surface area contributed by atoms with Crippen LogP contribution in [0.5, 0.6) is 0 Å². The van der Waals surface area contributed by atoms with Crippen molar-refractivity contribution in [3.63, 3.8) is 0 Å². The molecule has 1 aromatic heterocycles. The number of hydrogen-bond acceptors (Lipinski definition) is 2. The van der Waals surface area contributed by atoms with E-state index >= 15 is 0 Å². The number of fused-ring (bicyclic) bond motifs is 1. The standard InChI is InChI=1S/C21H15FN2O2/c1-12-10-16(21(25)26)19-18(11-12)23-20(24-19)14-8-6-13(7-9-14)15-4-2-3-5-17(15)22/h2-11H,1H3,(H,23,24)(H,25,26). The summed E-state index contributed by atoms with van der Waals surface area (Å²) in [5.41, 5.74) is 4.24. The van der Waals surface area contributed by atoms with Gasteiger partial charge in [-0.3, -0.25) is 0 Å². The van der Waals surface area contributed by atoms with Gasteiger partial charge in [0.2, 0.25) is 0 Å². The van der Waals surface area contributed by atoms with E-state index in [9.17, 15) is 14.3 Å². The van der Waals surface area contributed by atoms with Crippen LogP contribution in [-0.4, -0.2) is 21.0 Å². The van der Waals surface area contributed by atoms with E-state index in [1.165, 1.54) is 6.07 Å². The number of hydrogen-bond donors (Lipinski definition) is 2. The predicted octanol–water partition coefficient (Wildman–Crippen LogP) is 5.04. The molecule has 0 amide bonds. The average molecular weight is 346 g/mol. The molecule has 0 aliphatic carbocycles. The predicted molar refractivity (Wildman–Crippen MR) is 98.6 cm³/mol. The minimum absolute atomic E-state index is 0.196. The van der Waals surface area contributed by atoms with Gasteiger partial charge in [0.25, 0.3) is 0 Å². The Morgan fingerprint density at radius 3 is 2.42 bits per heavy atom. The fraction of sp³-hybridized carbons (Fsp3) is 0.0476. The van der Waals surface area contributed by atoms with E-state index in [1.807, 2.05) is 37.3 Å². The summed E-state index contributed by atoms with van der Waals surface area (Å²) < 4.78 is 13.9. The molecule has 0 spiro atoms. The van der Waals surface area contributed by atoms with Gasteiger partial charge in [-0.1, -0.05) is 42.5 Å². The molecule has 26 heavy (non-hydrogen) atoms. The number of imidazole rings is 1. The molecule has 5 heteroatoms. The number of nitrogens with zero attached hydrogens (tertiary/aromatic N) is 1. The van der Waals surface area contributed by atoms with Gasteiger partial charge in [-0.25, -0.2) is 14.2 Å². The topological polar surface area (TPSA) is 66.0 Å². The molecule has 0 bridgehead atoms. The fourth-order valence-electron chi connectivity index (χ4n) is 3.06. The molecule has 3 aromatic carbocycles. The number of rotatable bonds is 3. The lowest BCUT2D eigenvalue weighted by atomic mass is 10.0. The number of carbonyl (C=O) groups is 1. The maximum absolute atomic E-state index is 13.9. The first-order chi connectivity index (χ1) is 12.5. The van der Waals surface area contributed by atoms with Crippen molar-refractivity contribution in [3.05, 3.63) is 77.6 Å². The summed E-state index contributed by atoms with van der Waals surface area (Å²) in [7, 11) is 0. The van der Waals surface area contributed by atoms with E-state index in [-0.39, 0.29) is 11.4 Å². The number of halogens is 1. The van der Waals surface area contributed by atoms with Gasteiger partial charge in [-0.15, -0.1) is 0 Å². The smallest absolute Gasteiger partial charge is 0.337 e. The molecule has 0 saturated carbocycles. The summed E-state index contributed by atoms with van der Waals surface area (Å²) in [5, 5.41) is 9.39. The minimum Gasteiger partial charge on any atom is -0.478 e. The molecular formula is C21H15FN2O2. The van der Waals surface area contributed by atoms with Crippen molar-refractivity contribution in [1.29, 1.82) is 0 Å². The lowest BCUT2D eigenvalue weighted by molar-refractivity contribution is 0.0698. The average Bonchev–Trinajstić information content (AvgIpc) is 3.05. The highest BCUT2D eigenvalue weighted by Crippen LogP contribution is 2.28. The molecule has 0 atom stereocenters. The van der Waals surface area contributed by atoms with Crippen molar-refractivity contribution in [2.75, 3.05) is 0 Å². The Morgan fingerprint density at radius 1 is 1.04 bits per heavy atom. The molecule has 1 heterocycles. The maximum atomic E-state index is 13.9. The van der Waals surface area contributed by atoms with Gasteiger partial charge in [0, 0.05) is 11.1 Å². The van der Waals surface area contributed by atoms with Crippen LogP contribution in [0, 0.1) is 12.7 Å². The second-order valence-corrected chi connectivity index (χ2v) is 6.15. The number of aromatic amines is 1. The van der Waals surface area contributed by atoms with Crippen molar-refractivity contribution in [3.8, 4) is 22.5 Å². The number of H-pyrrole nitrogens is 1. The highest BCUT2D eigenvalue weighted by atomic mass is 19.1. The number of aromatic nitrogens is 2. The Hall–Kier alpha value is -3.47. The Balaban J connectivity index is 1.78. The normalized spacial score (nSPS) is 11.0.